The number of carbonyl (C=O) groups excluding carboxylic acids is 1. The summed E-state index contributed by atoms with van der Waals surface area (Å²) in [5, 5.41) is 3.24. The molecule has 1 saturated heterocycles. The Morgan fingerprint density at radius 1 is 1.22 bits per heavy atom. The monoisotopic (exact) mass is 255 g/mol. The van der Waals surface area contributed by atoms with Crippen molar-refractivity contribution in [1.82, 2.24) is 10.2 Å². The second kappa shape index (κ2) is 9.34. The molecule has 0 aromatic heterocycles. The van der Waals surface area contributed by atoms with Gasteiger partial charge in [0.05, 0.1) is 6.04 Å². The Morgan fingerprint density at radius 3 is 2.39 bits per heavy atom. The molecule has 0 aliphatic carbocycles. The van der Waals surface area contributed by atoms with Crippen LogP contribution in [-0.2, 0) is 4.79 Å². The van der Waals surface area contributed by atoms with Crippen molar-refractivity contribution in [3.8, 4) is 0 Å². The van der Waals surface area contributed by atoms with Crippen LogP contribution in [0, 0.1) is 0 Å². The van der Waals surface area contributed by atoms with Crippen LogP contribution in [0.15, 0.2) is 0 Å². The van der Waals surface area contributed by atoms with Gasteiger partial charge in [-0.3, -0.25) is 4.79 Å². The Kier molecular flexibility index (Phi) is 8.01. The summed E-state index contributed by atoms with van der Waals surface area (Å²) in [6.45, 7) is 6.32. The maximum absolute atomic E-state index is 11.3. The van der Waals surface area contributed by atoms with Crippen molar-refractivity contribution in [2.24, 2.45) is 5.73 Å². The summed E-state index contributed by atoms with van der Waals surface area (Å²) >= 11 is 0. The van der Waals surface area contributed by atoms with Crippen molar-refractivity contribution in [1.29, 1.82) is 0 Å². The molecule has 0 aromatic carbocycles. The van der Waals surface area contributed by atoms with Gasteiger partial charge in [0.25, 0.3) is 0 Å². The first-order chi connectivity index (χ1) is 8.74. The average Bonchev–Trinajstić information content (AvgIpc) is 2.30. The molecule has 0 radical (unpaired) electrons. The van der Waals surface area contributed by atoms with Gasteiger partial charge < -0.3 is 16.0 Å². The van der Waals surface area contributed by atoms with E-state index in [1.54, 1.807) is 0 Å². The molecule has 0 bridgehead atoms. The summed E-state index contributed by atoms with van der Waals surface area (Å²) in [7, 11) is 0. The number of hydrogen-bond donors (Lipinski definition) is 2. The van der Waals surface area contributed by atoms with Crippen molar-refractivity contribution in [2.45, 2.75) is 57.9 Å². The summed E-state index contributed by atoms with van der Waals surface area (Å²) in [4.78, 5) is 13.8. The van der Waals surface area contributed by atoms with Crippen molar-refractivity contribution in [3.05, 3.63) is 0 Å². The summed E-state index contributed by atoms with van der Waals surface area (Å²) in [5.41, 5.74) is 5.43. The predicted octanol–water partition coefficient (Wildman–Crippen LogP) is 1.50. The molecule has 0 saturated carbocycles. The molecular formula is C14H29N3O. The molecule has 4 heteroatoms. The van der Waals surface area contributed by atoms with Crippen LogP contribution < -0.4 is 11.1 Å². The van der Waals surface area contributed by atoms with Crippen LogP contribution in [-0.4, -0.2) is 43.0 Å². The first-order valence-electron chi connectivity index (χ1n) is 7.49. The molecule has 1 unspecified atom stereocenters. The van der Waals surface area contributed by atoms with E-state index in [0.29, 0.717) is 0 Å². The van der Waals surface area contributed by atoms with Crippen LogP contribution in [0.25, 0.3) is 0 Å². The zero-order valence-corrected chi connectivity index (χ0v) is 11.8. The number of nitrogens with zero attached hydrogens (tertiary/aromatic N) is 1. The third kappa shape index (κ3) is 6.36. The molecule has 1 aliphatic heterocycles. The standard InChI is InChI=1S/C14H29N3O/c1-2-9-16-13(14(15)18)8-12-17-10-6-4-3-5-7-11-17/h13,16H,2-12H2,1H3,(H2,15,18). The minimum Gasteiger partial charge on any atom is -0.368 e. The Labute approximate surface area is 111 Å². The van der Waals surface area contributed by atoms with Crippen molar-refractivity contribution < 1.29 is 4.79 Å². The molecule has 3 N–H and O–H groups in total. The molecule has 4 nitrogen and oxygen atoms in total. The number of rotatable bonds is 7. The molecule has 0 aromatic rings. The van der Waals surface area contributed by atoms with Gasteiger partial charge in [0.1, 0.15) is 0 Å². The smallest absolute Gasteiger partial charge is 0.234 e. The Morgan fingerprint density at radius 2 is 1.83 bits per heavy atom. The highest BCUT2D eigenvalue weighted by Gasteiger charge is 2.16. The van der Waals surface area contributed by atoms with Gasteiger partial charge in [-0.15, -0.1) is 0 Å². The minimum atomic E-state index is -0.213. The molecule has 1 heterocycles. The normalized spacial score (nSPS) is 20.1. The molecule has 1 fully saturated rings. The molecule has 1 rings (SSSR count). The lowest BCUT2D eigenvalue weighted by Gasteiger charge is -2.26. The van der Waals surface area contributed by atoms with Gasteiger partial charge in [-0.2, -0.15) is 0 Å². The van der Waals surface area contributed by atoms with Crippen LogP contribution in [0.4, 0.5) is 0 Å². The Balaban J connectivity index is 2.27. The number of nitrogens with two attached hydrogens (primary N) is 1. The lowest BCUT2D eigenvalue weighted by molar-refractivity contribution is -0.120. The minimum absolute atomic E-state index is 0.157. The van der Waals surface area contributed by atoms with Gasteiger partial charge in [-0.25, -0.2) is 0 Å². The van der Waals surface area contributed by atoms with Gasteiger partial charge in [0, 0.05) is 6.54 Å². The summed E-state index contributed by atoms with van der Waals surface area (Å²) < 4.78 is 0. The zero-order valence-electron chi connectivity index (χ0n) is 11.8. The van der Waals surface area contributed by atoms with E-state index in [1.807, 2.05) is 0 Å². The fourth-order valence-electron chi connectivity index (χ4n) is 2.51. The Bertz CT molecular complexity index is 225. The molecule has 1 aliphatic rings. The third-order valence-corrected chi connectivity index (χ3v) is 3.67. The van der Waals surface area contributed by atoms with Crippen LogP contribution in [0.3, 0.4) is 0 Å². The van der Waals surface area contributed by atoms with E-state index in [4.69, 9.17) is 5.73 Å². The van der Waals surface area contributed by atoms with E-state index in [0.717, 1.165) is 25.9 Å². The predicted molar refractivity (Wildman–Crippen MR) is 75.4 cm³/mol. The third-order valence-electron chi connectivity index (χ3n) is 3.67. The van der Waals surface area contributed by atoms with E-state index in [1.165, 1.54) is 45.2 Å². The van der Waals surface area contributed by atoms with Crippen molar-refractivity contribution >= 4 is 5.91 Å². The van der Waals surface area contributed by atoms with Crippen LogP contribution in [0.5, 0.6) is 0 Å². The number of amides is 1. The van der Waals surface area contributed by atoms with Gasteiger partial charge in [0.2, 0.25) is 5.91 Å². The highest BCUT2D eigenvalue weighted by molar-refractivity contribution is 5.79. The van der Waals surface area contributed by atoms with Crippen LogP contribution in [0.2, 0.25) is 0 Å². The largest absolute Gasteiger partial charge is 0.368 e. The van der Waals surface area contributed by atoms with Gasteiger partial charge in [-0.1, -0.05) is 26.2 Å². The lowest BCUT2D eigenvalue weighted by Crippen LogP contribution is -2.44. The van der Waals surface area contributed by atoms with Crippen LogP contribution in [0.1, 0.15) is 51.9 Å². The average molecular weight is 255 g/mol. The van der Waals surface area contributed by atoms with E-state index >= 15 is 0 Å². The quantitative estimate of drug-likeness (QED) is 0.725. The number of primary amides is 1. The SMILES string of the molecule is CCCNC(CCN1CCCCCCC1)C(N)=O. The summed E-state index contributed by atoms with van der Waals surface area (Å²) in [6, 6.07) is -0.157. The van der Waals surface area contributed by atoms with Gasteiger partial charge >= 0.3 is 0 Å². The number of hydrogen-bond acceptors (Lipinski definition) is 3. The molecule has 1 amide bonds. The number of likely N-dealkylation sites (tertiary alicyclic amines) is 1. The number of nitrogens with one attached hydrogen (secondary N) is 1. The van der Waals surface area contributed by atoms with Gasteiger partial charge in [0.15, 0.2) is 0 Å². The first kappa shape index (κ1) is 15.4. The van der Waals surface area contributed by atoms with E-state index in [9.17, 15) is 4.79 Å². The van der Waals surface area contributed by atoms with Crippen molar-refractivity contribution in [2.75, 3.05) is 26.2 Å². The molecule has 1 atom stereocenters. The fraction of sp³-hybridized carbons (Fsp3) is 0.929. The number of carbonyl (C=O) groups is 1. The second-order valence-electron chi connectivity index (χ2n) is 5.31. The van der Waals surface area contributed by atoms with E-state index in [2.05, 4.69) is 17.1 Å². The zero-order chi connectivity index (χ0) is 13.2. The molecule has 18 heavy (non-hydrogen) atoms. The second-order valence-corrected chi connectivity index (χ2v) is 5.31. The topological polar surface area (TPSA) is 58.4 Å². The van der Waals surface area contributed by atoms with Crippen molar-refractivity contribution in [3.63, 3.8) is 0 Å². The molecule has 0 spiro atoms. The van der Waals surface area contributed by atoms with Gasteiger partial charge in [-0.05, 0) is 45.3 Å². The summed E-state index contributed by atoms with van der Waals surface area (Å²) in [6.07, 6.45) is 8.56. The van der Waals surface area contributed by atoms with E-state index in [-0.39, 0.29) is 11.9 Å². The lowest BCUT2D eigenvalue weighted by atomic mass is 10.1. The van der Waals surface area contributed by atoms with E-state index < -0.39 is 0 Å². The summed E-state index contributed by atoms with van der Waals surface area (Å²) in [5.74, 6) is -0.213. The fourth-order valence-corrected chi connectivity index (χ4v) is 2.51. The van der Waals surface area contributed by atoms with Crippen LogP contribution >= 0.6 is 0 Å². The highest BCUT2D eigenvalue weighted by Crippen LogP contribution is 2.11. The molecular weight excluding hydrogens is 226 g/mol. The molecule has 106 valence electrons. The first-order valence-corrected chi connectivity index (χ1v) is 7.49. The maximum Gasteiger partial charge on any atom is 0.234 e. The Hall–Kier alpha value is -0.610. The highest BCUT2D eigenvalue weighted by atomic mass is 16.1. The maximum atomic E-state index is 11.3.